The number of aliphatic imine (C=N–C) groups is 1. The van der Waals surface area contributed by atoms with E-state index in [0.29, 0.717) is 38.3 Å². The van der Waals surface area contributed by atoms with E-state index in [0.717, 1.165) is 44.3 Å². The van der Waals surface area contributed by atoms with Crippen LogP contribution in [0.2, 0.25) is 0 Å². The van der Waals surface area contributed by atoms with Crippen molar-refractivity contribution < 1.29 is 18.3 Å². The van der Waals surface area contributed by atoms with E-state index >= 15 is 0 Å². The van der Waals surface area contributed by atoms with Crippen LogP contribution in [0.3, 0.4) is 0 Å². The zero-order chi connectivity index (χ0) is 20.4. The van der Waals surface area contributed by atoms with Crippen LogP contribution in [0.1, 0.15) is 32.1 Å². The fourth-order valence-electron chi connectivity index (χ4n) is 3.27. The second-order valence-electron chi connectivity index (χ2n) is 6.78. The smallest absolute Gasteiger partial charge is 0.305 e. The largest absolute Gasteiger partial charge is 0.469 e. The third kappa shape index (κ3) is 6.65. The van der Waals surface area contributed by atoms with Gasteiger partial charge in [0.1, 0.15) is 11.6 Å². The van der Waals surface area contributed by atoms with Crippen LogP contribution in [-0.2, 0) is 9.53 Å². The van der Waals surface area contributed by atoms with E-state index in [1.165, 1.54) is 19.2 Å². The van der Waals surface area contributed by atoms with Gasteiger partial charge in [-0.05, 0) is 25.0 Å². The normalized spacial score (nSPS) is 14.9. The number of guanidine groups is 1. The molecule has 8 heteroatoms. The maximum Gasteiger partial charge on any atom is 0.305 e. The minimum absolute atomic E-state index is 0.157. The lowest BCUT2D eigenvalue weighted by molar-refractivity contribution is -0.140. The zero-order valence-corrected chi connectivity index (χ0v) is 16.7. The Bertz CT molecular complexity index is 662. The van der Waals surface area contributed by atoms with E-state index in [4.69, 9.17) is 0 Å². The number of unbranched alkanes of at least 4 members (excludes halogenated alkanes) is 3. The number of halogens is 2. The third-order valence-electron chi connectivity index (χ3n) is 4.86. The molecule has 1 saturated heterocycles. The topological polar surface area (TPSA) is 57.2 Å². The molecule has 0 atom stereocenters. The first-order chi connectivity index (χ1) is 13.5. The molecule has 28 heavy (non-hydrogen) atoms. The van der Waals surface area contributed by atoms with Crippen molar-refractivity contribution in [3.63, 3.8) is 0 Å². The number of carbonyl (C=O) groups excluding carboxylic acids is 1. The minimum Gasteiger partial charge on any atom is -0.469 e. The number of ether oxygens (including phenoxy) is 1. The van der Waals surface area contributed by atoms with Gasteiger partial charge in [-0.1, -0.05) is 12.8 Å². The zero-order valence-electron chi connectivity index (χ0n) is 16.7. The summed E-state index contributed by atoms with van der Waals surface area (Å²) in [6, 6.07) is 3.55. The van der Waals surface area contributed by atoms with Crippen LogP contribution >= 0.6 is 0 Å². The molecule has 1 aromatic carbocycles. The summed E-state index contributed by atoms with van der Waals surface area (Å²) in [5, 5.41) is 3.36. The highest BCUT2D eigenvalue weighted by Crippen LogP contribution is 2.21. The van der Waals surface area contributed by atoms with Crippen molar-refractivity contribution in [2.45, 2.75) is 32.1 Å². The van der Waals surface area contributed by atoms with Gasteiger partial charge >= 0.3 is 5.97 Å². The second kappa shape index (κ2) is 11.5. The van der Waals surface area contributed by atoms with E-state index in [1.54, 1.807) is 7.05 Å². The molecule has 0 radical (unpaired) electrons. The number of esters is 1. The number of piperazine rings is 1. The number of methoxy groups -OCH3 is 1. The summed E-state index contributed by atoms with van der Waals surface area (Å²) < 4.78 is 32.0. The highest BCUT2D eigenvalue weighted by molar-refractivity contribution is 5.80. The molecule has 0 aromatic heterocycles. The van der Waals surface area contributed by atoms with Crippen LogP contribution in [0.4, 0.5) is 14.5 Å². The molecular formula is C20H30F2N4O2. The molecule has 156 valence electrons. The molecule has 1 N–H and O–H groups in total. The summed E-state index contributed by atoms with van der Waals surface area (Å²) in [7, 11) is 3.16. The number of hydrogen-bond donors (Lipinski definition) is 1. The Hall–Kier alpha value is -2.38. The summed E-state index contributed by atoms with van der Waals surface area (Å²) in [5.41, 5.74) is 0.314. The van der Waals surface area contributed by atoms with Crippen LogP contribution in [0.15, 0.2) is 23.2 Å². The molecule has 0 amide bonds. The van der Waals surface area contributed by atoms with Crippen molar-refractivity contribution in [2.24, 2.45) is 4.99 Å². The van der Waals surface area contributed by atoms with Gasteiger partial charge in [0.05, 0.1) is 12.8 Å². The van der Waals surface area contributed by atoms with E-state index < -0.39 is 11.6 Å². The van der Waals surface area contributed by atoms with Crippen molar-refractivity contribution in [3.05, 3.63) is 29.8 Å². The van der Waals surface area contributed by atoms with Crippen LogP contribution < -0.4 is 10.2 Å². The monoisotopic (exact) mass is 396 g/mol. The van der Waals surface area contributed by atoms with Gasteiger partial charge in [-0.15, -0.1) is 0 Å². The molecule has 0 spiro atoms. The number of benzene rings is 1. The second-order valence-corrected chi connectivity index (χ2v) is 6.78. The van der Waals surface area contributed by atoms with Gasteiger partial charge in [0.25, 0.3) is 0 Å². The number of nitrogens with zero attached hydrogens (tertiary/aromatic N) is 3. The summed E-state index contributed by atoms with van der Waals surface area (Å²) >= 11 is 0. The fraction of sp³-hybridized carbons (Fsp3) is 0.600. The molecule has 1 heterocycles. The molecule has 1 aliphatic heterocycles. The molecule has 1 aliphatic rings. The lowest BCUT2D eigenvalue weighted by atomic mass is 10.1. The summed E-state index contributed by atoms with van der Waals surface area (Å²) in [6.45, 7) is 3.40. The minimum atomic E-state index is -0.428. The number of anilines is 1. The van der Waals surface area contributed by atoms with Gasteiger partial charge in [-0.25, -0.2) is 8.78 Å². The van der Waals surface area contributed by atoms with Crippen molar-refractivity contribution in [1.82, 2.24) is 10.2 Å². The van der Waals surface area contributed by atoms with E-state index in [2.05, 4.69) is 19.9 Å². The molecule has 1 fully saturated rings. The molecule has 1 aromatic rings. The van der Waals surface area contributed by atoms with Gasteiger partial charge in [0.15, 0.2) is 5.96 Å². The first-order valence-electron chi connectivity index (χ1n) is 9.77. The number of nitrogens with one attached hydrogen (secondary N) is 1. The van der Waals surface area contributed by atoms with Crippen LogP contribution in [0, 0.1) is 11.6 Å². The summed E-state index contributed by atoms with van der Waals surface area (Å²) in [4.78, 5) is 19.4. The van der Waals surface area contributed by atoms with Crippen LogP contribution in [0.25, 0.3) is 0 Å². The van der Waals surface area contributed by atoms with E-state index in [-0.39, 0.29) is 5.97 Å². The van der Waals surface area contributed by atoms with Crippen molar-refractivity contribution in [1.29, 1.82) is 0 Å². The highest BCUT2D eigenvalue weighted by atomic mass is 19.1. The standard InChI is InChI=1S/C20H30F2N4O2/c1-23-20(24-10-6-4-3-5-7-19(27)28-2)26-13-11-25(12-14-26)18-15-16(21)8-9-17(18)22/h8-9,15H,3-7,10-14H2,1-2H3,(H,23,24). The molecule has 0 saturated carbocycles. The Morgan fingerprint density at radius 1 is 1.14 bits per heavy atom. The predicted octanol–water partition coefficient (Wildman–Crippen LogP) is 2.79. The Kier molecular flexibility index (Phi) is 8.97. The Morgan fingerprint density at radius 3 is 2.54 bits per heavy atom. The fourth-order valence-corrected chi connectivity index (χ4v) is 3.27. The van der Waals surface area contributed by atoms with Gasteiger partial charge in [0, 0.05) is 52.3 Å². The maximum absolute atomic E-state index is 14.0. The van der Waals surface area contributed by atoms with E-state index in [9.17, 15) is 13.6 Å². The van der Waals surface area contributed by atoms with Gasteiger partial charge in [0.2, 0.25) is 0 Å². The van der Waals surface area contributed by atoms with Crippen LogP contribution in [-0.4, -0.2) is 63.7 Å². The van der Waals surface area contributed by atoms with Gasteiger partial charge in [-0.3, -0.25) is 9.79 Å². The van der Waals surface area contributed by atoms with Crippen molar-refractivity contribution >= 4 is 17.6 Å². The average Bonchev–Trinajstić information content (AvgIpc) is 2.72. The predicted molar refractivity (Wildman–Crippen MR) is 107 cm³/mol. The van der Waals surface area contributed by atoms with E-state index in [1.807, 2.05) is 4.90 Å². The highest BCUT2D eigenvalue weighted by Gasteiger charge is 2.21. The molecule has 0 aliphatic carbocycles. The Morgan fingerprint density at radius 2 is 1.86 bits per heavy atom. The Labute approximate surface area is 165 Å². The molecule has 6 nitrogen and oxygen atoms in total. The SMILES string of the molecule is CN=C(NCCCCCCC(=O)OC)N1CCN(c2cc(F)ccc2F)CC1. The lowest BCUT2D eigenvalue weighted by Gasteiger charge is -2.37. The summed E-state index contributed by atoms with van der Waals surface area (Å²) in [5.74, 6) is -0.155. The molecule has 2 rings (SSSR count). The quantitative estimate of drug-likeness (QED) is 0.317. The van der Waals surface area contributed by atoms with Crippen molar-refractivity contribution in [2.75, 3.05) is 51.8 Å². The van der Waals surface area contributed by atoms with Crippen molar-refractivity contribution in [3.8, 4) is 0 Å². The van der Waals surface area contributed by atoms with Gasteiger partial charge in [-0.2, -0.15) is 0 Å². The average molecular weight is 396 g/mol. The molecule has 0 bridgehead atoms. The summed E-state index contributed by atoms with van der Waals surface area (Å²) in [6.07, 6.45) is 4.34. The first-order valence-corrected chi connectivity index (χ1v) is 9.77. The third-order valence-corrected chi connectivity index (χ3v) is 4.86. The van der Waals surface area contributed by atoms with Crippen LogP contribution in [0.5, 0.6) is 0 Å². The first kappa shape index (κ1) is 21.9. The Balaban J connectivity index is 1.69. The number of carbonyl (C=O) groups is 1. The number of rotatable bonds is 8. The maximum atomic E-state index is 14.0. The molecular weight excluding hydrogens is 366 g/mol. The lowest BCUT2D eigenvalue weighted by Crippen LogP contribution is -2.52. The number of hydrogen-bond acceptors (Lipinski definition) is 4. The molecule has 0 unspecified atom stereocenters. The van der Waals surface area contributed by atoms with Gasteiger partial charge < -0.3 is 19.9 Å².